The first kappa shape index (κ1) is 25.3. The molecule has 0 radical (unpaired) electrons. The average Bonchev–Trinajstić information content (AvgIpc) is 3.43. The SMILES string of the molecule is C=CN(C)/C(=C\N)C(O)(c1ccc(OC)cc1)c1ccc2c(c1)C(c1cccc(Cl)c1)n1nnnc1N2C. The second-order valence-corrected chi connectivity index (χ2v) is 9.43. The van der Waals surface area contributed by atoms with E-state index in [0.717, 1.165) is 16.8 Å². The van der Waals surface area contributed by atoms with Crippen LogP contribution in [0.2, 0.25) is 5.02 Å². The molecule has 9 nitrogen and oxygen atoms in total. The number of benzene rings is 3. The van der Waals surface area contributed by atoms with Gasteiger partial charge in [0.15, 0.2) is 5.60 Å². The Morgan fingerprint density at radius 2 is 1.89 bits per heavy atom. The lowest BCUT2D eigenvalue weighted by atomic mass is 9.81. The van der Waals surface area contributed by atoms with Crippen molar-refractivity contribution in [2.75, 3.05) is 26.1 Å². The van der Waals surface area contributed by atoms with Crippen molar-refractivity contribution >= 4 is 23.2 Å². The first-order chi connectivity index (χ1) is 18.3. The summed E-state index contributed by atoms with van der Waals surface area (Å²) in [5.41, 5.74) is 8.82. The Morgan fingerprint density at radius 3 is 2.55 bits per heavy atom. The predicted octanol–water partition coefficient (Wildman–Crippen LogP) is 4.17. The maximum Gasteiger partial charge on any atom is 0.250 e. The van der Waals surface area contributed by atoms with Gasteiger partial charge in [-0.2, -0.15) is 4.68 Å². The Hall–Kier alpha value is -4.34. The third kappa shape index (κ3) is 3.96. The van der Waals surface area contributed by atoms with Crippen LogP contribution in [0.15, 0.2) is 91.4 Å². The first-order valence-electron chi connectivity index (χ1n) is 11.9. The molecule has 4 aromatic rings. The van der Waals surface area contributed by atoms with Gasteiger partial charge in [-0.05, 0) is 69.7 Å². The number of fused-ring (bicyclic) bond motifs is 2. The number of tetrazole rings is 1. The molecule has 38 heavy (non-hydrogen) atoms. The van der Waals surface area contributed by atoms with Gasteiger partial charge in [0.05, 0.1) is 12.8 Å². The molecule has 3 aromatic carbocycles. The van der Waals surface area contributed by atoms with Crippen molar-refractivity contribution in [2.45, 2.75) is 11.6 Å². The highest BCUT2D eigenvalue weighted by Gasteiger charge is 2.40. The van der Waals surface area contributed by atoms with E-state index in [1.807, 2.05) is 66.5 Å². The van der Waals surface area contributed by atoms with Gasteiger partial charge in [0, 0.05) is 36.6 Å². The summed E-state index contributed by atoms with van der Waals surface area (Å²) < 4.78 is 7.09. The molecule has 0 fully saturated rings. The molecule has 2 atom stereocenters. The molecule has 0 saturated carbocycles. The normalized spacial score (nSPS) is 16.3. The van der Waals surface area contributed by atoms with Crippen molar-refractivity contribution in [3.8, 4) is 5.75 Å². The molecule has 194 valence electrons. The number of anilines is 2. The molecule has 0 spiro atoms. The third-order valence-corrected chi connectivity index (χ3v) is 7.21. The summed E-state index contributed by atoms with van der Waals surface area (Å²) in [6.07, 6.45) is 2.99. The predicted molar refractivity (Wildman–Crippen MR) is 147 cm³/mol. The smallest absolute Gasteiger partial charge is 0.250 e. The second kappa shape index (κ2) is 9.85. The molecule has 1 aromatic heterocycles. The fourth-order valence-electron chi connectivity index (χ4n) is 5.00. The van der Waals surface area contributed by atoms with Crippen molar-refractivity contribution in [1.82, 2.24) is 25.1 Å². The second-order valence-electron chi connectivity index (χ2n) is 9.00. The van der Waals surface area contributed by atoms with E-state index in [9.17, 15) is 5.11 Å². The molecule has 1 aliphatic rings. The number of hydrogen-bond donors (Lipinski definition) is 2. The minimum Gasteiger partial charge on any atom is -0.497 e. The van der Waals surface area contributed by atoms with Gasteiger partial charge in [-0.15, -0.1) is 0 Å². The van der Waals surface area contributed by atoms with Gasteiger partial charge in [-0.3, -0.25) is 0 Å². The van der Waals surface area contributed by atoms with Crippen LogP contribution in [0.4, 0.5) is 11.6 Å². The molecule has 2 heterocycles. The summed E-state index contributed by atoms with van der Waals surface area (Å²) in [6, 6.07) is 20.3. The van der Waals surface area contributed by atoms with Crippen molar-refractivity contribution in [3.63, 3.8) is 0 Å². The minimum atomic E-state index is -1.63. The largest absolute Gasteiger partial charge is 0.497 e. The van der Waals surface area contributed by atoms with Crippen LogP contribution in [0.25, 0.3) is 0 Å². The van der Waals surface area contributed by atoms with Crippen LogP contribution in [0, 0.1) is 0 Å². The number of ether oxygens (including phenoxy) is 1. The minimum absolute atomic E-state index is 0.382. The number of aromatic nitrogens is 4. The van der Waals surface area contributed by atoms with Crippen molar-refractivity contribution in [1.29, 1.82) is 0 Å². The van der Waals surface area contributed by atoms with E-state index in [2.05, 4.69) is 22.1 Å². The van der Waals surface area contributed by atoms with Gasteiger partial charge < -0.3 is 25.4 Å². The van der Waals surface area contributed by atoms with E-state index in [4.69, 9.17) is 22.1 Å². The van der Waals surface area contributed by atoms with Crippen molar-refractivity contribution in [2.24, 2.45) is 5.73 Å². The molecule has 3 N–H and O–H groups in total. The van der Waals surface area contributed by atoms with Crippen LogP contribution in [-0.4, -0.2) is 51.4 Å². The van der Waals surface area contributed by atoms with Gasteiger partial charge in [0.2, 0.25) is 0 Å². The zero-order valence-corrected chi connectivity index (χ0v) is 22.0. The number of halogens is 1. The van der Waals surface area contributed by atoms with Crippen LogP contribution in [0.3, 0.4) is 0 Å². The molecule has 0 bridgehead atoms. The number of rotatable bonds is 7. The quantitative estimate of drug-likeness (QED) is 0.367. The molecule has 5 rings (SSSR count). The molecule has 2 unspecified atom stereocenters. The Balaban J connectivity index is 1.76. The zero-order chi connectivity index (χ0) is 27.0. The highest BCUT2D eigenvalue weighted by Crippen LogP contribution is 2.46. The molecular formula is C28H28ClN7O2. The van der Waals surface area contributed by atoms with E-state index in [0.29, 0.717) is 33.5 Å². The lowest BCUT2D eigenvalue weighted by Gasteiger charge is -2.38. The summed E-state index contributed by atoms with van der Waals surface area (Å²) in [5, 5.41) is 25.6. The van der Waals surface area contributed by atoms with Crippen molar-refractivity contribution in [3.05, 3.63) is 119 Å². The van der Waals surface area contributed by atoms with Gasteiger partial charge >= 0.3 is 0 Å². The molecule has 0 amide bonds. The summed E-state index contributed by atoms with van der Waals surface area (Å²) >= 11 is 6.38. The lowest BCUT2D eigenvalue weighted by molar-refractivity contribution is 0.0965. The van der Waals surface area contributed by atoms with Gasteiger partial charge in [0.1, 0.15) is 11.8 Å². The monoisotopic (exact) mass is 529 g/mol. The Kier molecular flexibility index (Phi) is 6.56. The molecule has 0 saturated heterocycles. The summed E-state index contributed by atoms with van der Waals surface area (Å²) in [6.45, 7) is 3.87. The average molecular weight is 530 g/mol. The number of hydrogen-bond acceptors (Lipinski definition) is 8. The van der Waals surface area contributed by atoms with E-state index in [-0.39, 0.29) is 6.04 Å². The highest BCUT2D eigenvalue weighted by atomic mass is 35.5. The fourth-order valence-corrected chi connectivity index (χ4v) is 5.20. The van der Waals surface area contributed by atoms with E-state index >= 15 is 0 Å². The Labute approximate surface area is 226 Å². The standard InChI is InChI=1S/C28H28ClN7O2/c1-5-34(2)25(17-30)28(37,19-9-12-22(38-4)13-10-19)20-11-14-24-23(16-20)26(18-7-6-8-21(29)15-18)36-27(35(24)3)31-32-33-36/h5-17,26,37H,1,30H2,2-4H3/b25-17-. The number of nitrogens with two attached hydrogens (primary N) is 1. The van der Waals surface area contributed by atoms with E-state index in [1.54, 1.807) is 42.1 Å². The van der Waals surface area contributed by atoms with Crippen molar-refractivity contribution < 1.29 is 9.84 Å². The molecule has 10 heteroatoms. The highest BCUT2D eigenvalue weighted by molar-refractivity contribution is 6.30. The van der Waals surface area contributed by atoms with Gasteiger partial charge in [-0.25, -0.2) is 0 Å². The Morgan fingerprint density at radius 1 is 1.16 bits per heavy atom. The molecule has 0 aliphatic carbocycles. The molecule has 1 aliphatic heterocycles. The lowest BCUT2D eigenvalue weighted by Crippen LogP contribution is -2.37. The third-order valence-electron chi connectivity index (χ3n) is 6.98. The number of methoxy groups -OCH3 is 1. The molecular weight excluding hydrogens is 502 g/mol. The summed E-state index contributed by atoms with van der Waals surface area (Å²) in [7, 11) is 5.29. The van der Waals surface area contributed by atoms with E-state index in [1.165, 1.54) is 6.20 Å². The van der Waals surface area contributed by atoms with Crippen LogP contribution in [-0.2, 0) is 5.60 Å². The maximum atomic E-state index is 12.5. The number of nitrogens with zero attached hydrogens (tertiary/aromatic N) is 6. The van der Waals surface area contributed by atoms with Crippen LogP contribution in [0.1, 0.15) is 28.3 Å². The summed E-state index contributed by atoms with van der Waals surface area (Å²) in [5.74, 6) is 1.26. The summed E-state index contributed by atoms with van der Waals surface area (Å²) in [4.78, 5) is 3.62. The fraction of sp³-hybridized carbons (Fsp3) is 0.179. The zero-order valence-electron chi connectivity index (χ0n) is 21.3. The first-order valence-corrected chi connectivity index (χ1v) is 12.3. The topological polar surface area (TPSA) is 106 Å². The Bertz CT molecular complexity index is 1520. The number of aliphatic hydroxyl groups is 1. The van der Waals surface area contributed by atoms with Crippen LogP contribution >= 0.6 is 11.6 Å². The van der Waals surface area contributed by atoms with Gasteiger partial charge in [0.25, 0.3) is 5.95 Å². The van der Waals surface area contributed by atoms with E-state index < -0.39 is 5.60 Å². The van der Waals surface area contributed by atoms with Crippen LogP contribution < -0.4 is 15.4 Å². The van der Waals surface area contributed by atoms with Crippen LogP contribution in [0.5, 0.6) is 5.75 Å². The number of likely N-dealkylation sites (N-methyl/N-ethyl adjacent to an activating group) is 1. The van der Waals surface area contributed by atoms with Gasteiger partial charge in [-0.1, -0.05) is 53.6 Å². The maximum absolute atomic E-state index is 12.5.